The summed E-state index contributed by atoms with van der Waals surface area (Å²) in [5.41, 5.74) is 0. The largest absolute Gasteiger partial charge is 0.396 e. The molecule has 0 aromatic carbocycles. The Balaban J connectivity index is 2.32. The highest BCUT2D eigenvalue weighted by molar-refractivity contribution is 4.75. The maximum absolute atomic E-state index is 8.97. The number of piperidine rings is 1. The molecule has 78 valence electrons. The smallest absolute Gasteiger partial charge is 0.0468 e. The fourth-order valence-corrected chi connectivity index (χ4v) is 2.44. The van der Waals surface area contributed by atoms with E-state index in [0.717, 1.165) is 18.4 Å². The molecule has 0 saturated carbocycles. The van der Waals surface area contributed by atoms with Gasteiger partial charge in [0.1, 0.15) is 0 Å². The molecule has 0 amide bonds. The van der Waals surface area contributed by atoms with Gasteiger partial charge in [0.2, 0.25) is 0 Å². The van der Waals surface area contributed by atoms with Gasteiger partial charge in [-0.2, -0.15) is 0 Å². The number of aliphatic hydroxyl groups excluding tert-OH is 1. The van der Waals surface area contributed by atoms with E-state index < -0.39 is 0 Å². The molecule has 2 heteroatoms. The second-order valence-electron chi connectivity index (χ2n) is 4.95. The zero-order valence-electron chi connectivity index (χ0n) is 9.16. The Kier molecular flexibility index (Phi) is 4.20. The van der Waals surface area contributed by atoms with E-state index in [0.29, 0.717) is 12.5 Å². The molecule has 0 bridgehead atoms. The molecule has 13 heavy (non-hydrogen) atoms. The molecule has 1 saturated heterocycles. The van der Waals surface area contributed by atoms with E-state index in [1.165, 1.54) is 19.5 Å². The number of nitrogens with zero attached hydrogens (tertiary/aromatic N) is 1. The molecule has 3 atom stereocenters. The lowest BCUT2D eigenvalue weighted by molar-refractivity contribution is 0.106. The highest BCUT2D eigenvalue weighted by atomic mass is 16.3. The van der Waals surface area contributed by atoms with Crippen LogP contribution >= 0.6 is 0 Å². The van der Waals surface area contributed by atoms with Gasteiger partial charge in [-0.3, -0.25) is 0 Å². The molecule has 3 unspecified atom stereocenters. The third-order valence-corrected chi connectivity index (χ3v) is 2.83. The Morgan fingerprint density at radius 3 is 2.31 bits per heavy atom. The van der Waals surface area contributed by atoms with Crippen LogP contribution in [0, 0.1) is 17.8 Å². The fourth-order valence-electron chi connectivity index (χ4n) is 2.44. The van der Waals surface area contributed by atoms with Crippen molar-refractivity contribution >= 4 is 0 Å². The molecule has 1 N–H and O–H groups in total. The van der Waals surface area contributed by atoms with Gasteiger partial charge in [0.25, 0.3) is 0 Å². The standard InChI is InChI=1S/C11H23NO/c1-9-4-10(2)6-12(5-9)7-11(3)8-13/h9-11,13H,4-8H2,1-3H3. The third kappa shape index (κ3) is 3.65. The molecular formula is C11H23NO. The van der Waals surface area contributed by atoms with Gasteiger partial charge in [-0.1, -0.05) is 20.8 Å². The Morgan fingerprint density at radius 1 is 1.31 bits per heavy atom. The number of rotatable bonds is 3. The summed E-state index contributed by atoms with van der Waals surface area (Å²) < 4.78 is 0. The lowest BCUT2D eigenvalue weighted by Crippen LogP contribution is -2.41. The topological polar surface area (TPSA) is 23.5 Å². The van der Waals surface area contributed by atoms with E-state index in [9.17, 15) is 0 Å². The quantitative estimate of drug-likeness (QED) is 0.722. The van der Waals surface area contributed by atoms with Crippen molar-refractivity contribution in [3.63, 3.8) is 0 Å². The van der Waals surface area contributed by atoms with Gasteiger partial charge in [-0.05, 0) is 24.2 Å². The zero-order chi connectivity index (χ0) is 9.84. The summed E-state index contributed by atoms with van der Waals surface area (Å²) in [5.74, 6) is 2.08. The Bertz CT molecular complexity index is 139. The van der Waals surface area contributed by atoms with Crippen LogP contribution in [0.15, 0.2) is 0 Å². The van der Waals surface area contributed by atoms with Crippen molar-refractivity contribution in [2.45, 2.75) is 27.2 Å². The van der Waals surface area contributed by atoms with E-state index in [1.807, 2.05) is 0 Å². The van der Waals surface area contributed by atoms with Crippen LogP contribution in [0.25, 0.3) is 0 Å². The van der Waals surface area contributed by atoms with E-state index in [-0.39, 0.29) is 0 Å². The minimum absolute atomic E-state index is 0.319. The van der Waals surface area contributed by atoms with Crippen LogP contribution in [-0.2, 0) is 0 Å². The van der Waals surface area contributed by atoms with E-state index in [4.69, 9.17) is 5.11 Å². The summed E-state index contributed by atoms with van der Waals surface area (Å²) in [7, 11) is 0. The van der Waals surface area contributed by atoms with Crippen LogP contribution in [0.5, 0.6) is 0 Å². The minimum atomic E-state index is 0.319. The first-order valence-corrected chi connectivity index (χ1v) is 5.45. The predicted molar refractivity (Wildman–Crippen MR) is 55.6 cm³/mol. The SMILES string of the molecule is CC(CO)CN1CC(C)CC(C)C1. The van der Waals surface area contributed by atoms with Gasteiger partial charge >= 0.3 is 0 Å². The molecule has 1 heterocycles. The number of hydrogen-bond acceptors (Lipinski definition) is 2. The first-order chi connectivity index (χ1) is 6.11. The van der Waals surface area contributed by atoms with Crippen molar-refractivity contribution in [1.29, 1.82) is 0 Å². The molecule has 0 aliphatic carbocycles. The molecule has 1 aliphatic rings. The first kappa shape index (κ1) is 11.0. The molecule has 1 rings (SSSR count). The fraction of sp³-hybridized carbons (Fsp3) is 1.00. The van der Waals surface area contributed by atoms with Gasteiger partial charge in [0, 0.05) is 26.2 Å². The third-order valence-electron chi connectivity index (χ3n) is 2.83. The van der Waals surface area contributed by atoms with Gasteiger partial charge < -0.3 is 10.0 Å². The Morgan fingerprint density at radius 2 is 1.85 bits per heavy atom. The summed E-state index contributed by atoms with van der Waals surface area (Å²) in [5, 5.41) is 8.97. The van der Waals surface area contributed by atoms with Gasteiger partial charge in [0.15, 0.2) is 0 Å². The van der Waals surface area contributed by atoms with Crippen molar-refractivity contribution in [2.24, 2.45) is 17.8 Å². The second-order valence-corrected chi connectivity index (χ2v) is 4.95. The second kappa shape index (κ2) is 4.97. The van der Waals surface area contributed by atoms with E-state index >= 15 is 0 Å². The van der Waals surface area contributed by atoms with Crippen LogP contribution in [0.4, 0.5) is 0 Å². The summed E-state index contributed by atoms with van der Waals surface area (Å²) in [6, 6.07) is 0. The number of hydrogen-bond donors (Lipinski definition) is 1. The summed E-state index contributed by atoms with van der Waals surface area (Å²) in [6.45, 7) is 10.6. The Labute approximate surface area is 81.9 Å². The maximum Gasteiger partial charge on any atom is 0.0468 e. The van der Waals surface area contributed by atoms with E-state index in [2.05, 4.69) is 25.7 Å². The predicted octanol–water partition coefficient (Wildman–Crippen LogP) is 1.59. The van der Waals surface area contributed by atoms with Crippen molar-refractivity contribution in [3.05, 3.63) is 0 Å². The maximum atomic E-state index is 8.97. The highest BCUT2D eigenvalue weighted by Crippen LogP contribution is 2.21. The molecule has 0 aromatic heterocycles. The molecule has 1 fully saturated rings. The summed E-state index contributed by atoms with van der Waals surface area (Å²) in [6.07, 6.45) is 1.37. The molecule has 0 radical (unpaired) electrons. The van der Waals surface area contributed by atoms with Crippen molar-refractivity contribution in [2.75, 3.05) is 26.2 Å². The van der Waals surface area contributed by atoms with Crippen molar-refractivity contribution in [3.8, 4) is 0 Å². The van der Waals surface area contributed by atoms with Crippen LogP contribution in [0.1, 0.15) is 27.2 Å². The zero-order valence-corrected chi connectivity index (χ0v) is 9.16. The average molecular weight is 185 g/mol. The molecular weight excluding hydrogens is 162 g/mol. The van der Waals surface area contributed by atoms with Crippen LogP contribution in [0.3, 0.4) is 0 Å². The molecule has 1 aliphatic heterocycles. The highest BCUT2D eigenvalue weighted by Gasteiger charge is 2.22. The summed E-state index contributed by atoms with van der Waals surface area (Å²) in [4.78, 5) is 2.50. The monoisotopic (exact) mass is 185 g/mol. The molecule has 0 aromatic rings. The lowest BCUT2D eigenvalue weighted by atomic mass is 9.91. The van der Waals surface area contributed by atoms with Crippen LogP contribution < -0.4 is 0 Å². The van der Waals surface area contributed by atoms with Gasteiger partial charge in [-0.15, -0.1) is 0 Å². The first-order valence-electron chi connectivity index (χ1n) is 5.45. The van der Waals surface area contributed by atoms with Crippen molar-refractivity contribution in [1.82, 2.24) is 4.90 Å². The van der Waals surface area contributed by atoms with Gasteiger partial charge in [-0.25, -0.2) is 0 Å². The van der Waals surface area contributed by atoms with E-state index in [1.54, 1.807) is 0 Å². The minimum Gasteiger partial charge on any atom is -0.396 e. The summed E-state index contributed by atoms with van der Waals surface area (Å²) >= 11 is 0. The normalized spacial score (nSPS) is 33.2. The number of aliphatic hydroxyl groups is 1. The van der Waals surface area contributed by atoms with Crippen LogP contribution in [0.2, 0.25) is 0 Å². The molecule has 0 spiro atoms. The lowest BCUT2D eigenvalue weighted by Gasteiger charge is -2.36. The molecule has 2 nitrogen and oxygen atoms in total. The van der Waals surface area contributed by atoms with Crippen molar-refractivity contribution < 1.29 is 5.11 Å². The number of likely N-dealkylation sites (tertiary alicyclic amines) is 1. The van der Waals surface area contributed by atoms with Crippen LogP contribution in [-0.4, -0.2) is 36.2 Å². The average Bonchev–Trinajstić information content (AvgIpc) is 2.02. The Hall–Kier alpha value is -0.0800. The van der Waals surface area contributed by atoms with Gasteiger partial charge in [0.05, 0.1) is 0 Å².